The quantitative estimate of drug-likeness (QED) is 0.821. The van der Waals surface area contributed by atoms with E-state index in [-0.39, 0.29) is 18.2 Å². The van der Waals surface area contributed by atoms with Crippen LogP contribution in [0.1, 0.15) is 16.6 Å². The summed E-state index contributed by atoms with van der Waals surface area (Å²) >= 11 is 1.38. The van der Waals surface area contributed by atoms with E-state index >= 15 is 0 Å². The van der Waals surface area contributed by atoms with Crippen LogP contribution < -0.4 is 5.32 Å². The Labute approximate surface area is 129 Å². The fourth-order valence-electron chi connectivity index (χ4n) is 2.24. The minimum Gasteiger partial charge on any atom is -0.337 e. The smallest absolute Gasteiger partial charge is 0.263 e. The molecule has 0 radical (unpaired) electrons. The Morgan fingerprint density at radius 3 is 2.71 bits per heavy atom. The third kappa shape index (κ3) is 4.26. The fourth-order valence-corrected chi connectivity index (χ4v) is 4.38. The molecule has 0 bridgehead atoms. The summed E-state index contributed by atoms with van der Waals surface area (Å²) in [5.41, 5.74) is 0. The molecule has 1 saturated heterocycles. The van der Waals surface area contributed by atoms with Crippen molar-refractivity contribution in [3.63, 3.8) is 0 Å². The summed E-state index contributed by atoms with van der Waals surface area (Å²) in [5, 5.41) is 4.98. The number of nitrogens with one attached hydrogen (secondary N) is 1. The number of hydrogen-bond donors (Lipinski definition) is 1. The molecule has 1 aliphatic rings. The van der Waals surface area contributed by atoms with Crippen LogP contribution in [0.5, 0.6) is 0 Å². The molecule has 8 heteroatoms. The van der Waals surface area contributed by atoms with Crippen LogP contribution in [0, 0.1) is 0 Å². The fraction of sp³-hybridized carbons (Fsp3) is 0.615. The lowest BCUT2D eigenvalue weighted by Gasteiger charge is -2.28. The highest BCUT2D eigenvalue weighted by Crippen LogP contribution is 2.12. The Morgan fingerprint density at radius 2 is 2.14 bits per heavy atom. The second kappa shape index (κ2) is 7.35. The SMILES string of the molecule is CCN(CCS(=O)(=O)N1CCNCC1)C(=O)c1cccs1. The van der Waals surface area contributed by atoms with Gasteiger partial charge in [-0.2, -0.15) is 4.31 Å². The second-order valence-corrected chi connectivity index (χ2v) is 7.86. The monoisotopic (exact) mass is 331 g/mol. The Hall–Kier alpha value is -0.960. The maximum atomic E-state index is 12.3. The average molecular weight is 331 g/mol. The van der Waals surface area contributed by atoms with E-state index in [1.807, 2.05) is 18.4 Å². The maximum Gasteiger partial charge on any atom is 0.263 e. The first kappa shape index (κ1) is 16.4. The molecule has 1 fully saturated rings. The Morgan fingerprint density at radius 1 is 1.43 bits per heavy atom. The predicted molar refractivity (Wildman–Crippen MR) is 84.1 cm³/mol. The standard InChI is InChI=1S/C13H21N3O3S2/c1-2-15(13(17)12-4-3-10-20-12)9-11-21(18,19)16-7-5-14-6-8-16/h3-4,10,14H,2,5-9,11H2,1H3. The third-order valence-corrected chi connectivity index (χ3v) is 6.20. The van der Waals surface area contributed by atoms with Crippen LogP contribution >= 0.6 is 11.3 Å². The zero-order chi connectivity index (χ0) is 15.3. The van der Waals surface area contributed by atoms with Crippen molar-refractivity contribution in [1.82, 2.24) is 14.5 Å². The van der Waals surface area contributed by atoms with Crippen molar-refractivity contribution in [2.75, 3.05) is 45.0 Å². The van der Waals surface area contributed by atoms with Crippen LogP contribution in [0.15, 0.2) is 17.5 Å². The summed E-state index contributed by atoms with van der Waals surface area (Å²) in [6.45, 7) is 4.99. The molecule has 6 nitrogen and oxygen atoms in total. The van der Waals surface area contributed by atoms with E-state index < -0.39 is 10.0 Å². The minimum absolute atomic E-state index is 0.0159. The molecule has 1 aliphatic heterocycles. The third-order valence-electron chi connectivity index (χ3n) is 3.49. The highest BCUT2D eigenvalue weighted by Gasteiger charge is 2.25. The molecule has 1 aromatic heterocycles. The van der Waals surface area contributed by atoms with Gasteiger partial charge in [0.1, 0.15) is 0 Å². The van der Waals surface area contributed by atoms with Crippen LogP contribution in [0.3, 0.4) is 0 Å². The van der Waals surface area contributed by atoms with Crippen molar-refractivity contribution < 1.29 is 13.2 Å². The normalized spacial score (nSPS) is 16.8. The highest BCUT2D eigenvalue weighted by molar-refractivity contribution is 7.89. The molecule has 1 aromatic rings. The van der Waals surface area contributed by atoms with Gasteiger partial charge in [-0.3, -0.25) is 4.79 Å². The molecule has 21 heavy (non-hydrogen) atoms. The minimum atomic E-state index is -3.29. The van der Waals surface area contributed by atoms with Gasteiger partial charge in [0.05, 0.1) is 10.6 Å². The van der Waals surface area contributed by atoms with Gasteiger partial charge >= 0.3 is 0 Å². The van der Waals surface area contributed by atoms with E-state index in [1.165, 1.54) is 15.6 Å². The molecule has 118 valence electrons. The first-order valence-electron chi connectivity index (χ1n) is 7.06. The maximum absolute atomic E-state index is 12.3. The van der Waals surface area contributed by atoms with Crippen molar-refractivity contribution in [3.05, 3.63) is 22.4 Å². The van der Waals surface area contributed by atoms with Gasteiger partial charge in [0.2, 0.25) is 10.0 Å². The van der Waals surface area contributed by atoms with E-state index in [4.69, 9.17) is 0 Å². The van der Waals surface area contributed by atoms with Gasteiger partial charge in [-0.25, -0.2) is 8.42 Å². The van der Waals surface area contributed by atoms with E-state index in [9.17, 15) is 13.2 Å². The Balaban J connectivity index is 1.94. The number of piperazine rings is 1. The average Bonchev–Trinajstić information content (AvgIpc) is 3.02. The molecule has 0 unspecified atom stereocenters. The predicted octanol–water partition coefficient (Wildman–Crippen LogP) is 0.445. The largest absolute Gasteiger partial charge is 0.337 e. The topological polar surface area (TPSA) is 69.7 Å². The number of amides is 1. The van der Waals surface area contributed by atoms with Crippen molar-refractivity contribution in [1.29, 1.82) is 0 Å². The number of thiophene rings is 1. The number of carbonyl (C=O) groups excluding carboxylic acids is 1. The molecule has 0 spiro atoms. The van der Waals surface area contributed by atoms with Crippen LogP contribution in [0.2, 0.25) is 0 Å². The molecular formula is C13H21N3O3S2. The number of hydrogen-bond acceptors (Lipinski definition) is 5. The second-order valence-electron chi connectivity index (χ2n) is 4.83. The van der Waals surface area contributed by atoms with E-state index in [0.717, 1.165) is 0 Å². The summed E-state index contributed by atoms with van der Waals surface area (Å²) in [7, 11) is -3.29. The Kier molecular flexibility index (Phi) is 5.74. The van der Waals surface area contributed by atoms with Gasteiger partial charge < -0.3 is 10.2 Å². The first-order valence-corrected chi connectivity index (χ1v) is 9.55. The lowest BCUT2D eigenvalue weighted by Crippen LogP contribution is -2.48. The molecule has 1 N–H and O–H groups in total. The molecule has 1 amide bonds. The number of nitrogens with zero attached hydrogens (tertiary/aromatic N) is 2. The van der Waals surface area contributed by atoms with Crippen LogP contribution in [-0.4, -0.2) is 68.6 Å². The first-order chi connectivity index (χ1) is 10.0. The summed E-state index contributed by atoms with van der Waals surface area (Å²) in [6, 6.07) is 3.59. The lowest BCUT2D eigenvalue weighted by molar-refractivity contribution is 0.0778. The summed E-state index contributed by atoms with van der Waals surface area (Å²) in [5.74, 6) is -0.110. The van der Waals surface area contributed by atoms with Gasteiger partial charge in [0, 0.05) is 39.3 Å². The van der Waals surface area contributed by atoms with E-state index in [2.05, 4.69) is 5.32 Å². The van der Waals surface area contributed by atoms with Crippen molar-refractivity contribution >= 4 is 27.3 Å². The van der Waals surface area contributed by atoms with Gasteiger partial charge in [0.25, 0.3) is 5.91 Å². The highest BCUT2D eigenvalue weighted by atomic mass is 32.2. The zero-order valence-electron chi connectivity index (χ0n) is 12.1. The van der Waals surface area contributed by atoms with Crippen LogP contribution in [0.4, 0.5) is 0 Å². The summed E-state index contributed by atoms with van der Waals surface area (Å²) < 4.78 is 26.1. The van der Waals surface area contributed by atoms with Crippen molar-refractivity contribution in [2.45, 2.75) is 6.92 Å². The van der Waals surface area contributed by atoms with E-state index in [1.54, 1.807) is 11.0 Å². The summed E-state index contributed by atoms with van der Waals surface area (Å²) in [4.78, 5) is 14.5. The molecule has 0 aromatic carbocycles. The number of rotatable bonds is 6. The van der Waals surface area contributed by atoms with Crippen molar-refractivity contribution in [3.8, 4) is 0 Å². The molecule has 2 heterocycles. The van der Waals surface area contributed by atoms with Crippen LogP contribution in [-0.2, 0) is 10.0 Å². The van der Waals surface area contributed by atoms with Gasteiger partial charge in [-0.05, 0) is 18.4 Å². The Bertz CT molecular complexity index is 551. The van der Waals surface area contributed by atoms with Gasteiger partial charge in [-0.1, -0.05) is 6.07 Å². The van der Waals surface area contributed by atoms with Crippen LogP contribution in [0.25, 0.3) is 0 Å². The van der Waals surface area contributed by atoms with Crippen molar-refractivity contribution in [2.24, 2.45) is 0 Å². The zero-order valence-corrected chi connectivity index (χ0v) is 13.8. The van der Waals surface area contributed by atoms with Gasteiger partial charge in [-0.15, -0.1) is 11.3 Å². The molecule has 0 saturated carbocycles. The lowest BCUT2D eigenvalue weighted by atomic mass is 10.4. The number of carbonyl (C=O) groups is 1. The summed E-state index contributed by atoms with van der Waals surface area (Å²) in [6.07, 6.45) is 0. The number of sulfonamides is 1. The molecule has 0 atom stereocenters. The molecular weight excluding hydrogens is 310 g/mol. The van der Waals surface area contributed by atoms with E-state index in [0.29, 0.717) is 37.6 Å². The van der Waals surface area contributed by atoms with Gasteiger partial charge in [0.15, 0.2) is 0 Å². The molecule has 0 aliphatic carbocycles. The molecule has 2 rings (SSSR count).